The van der Waals surface area contributed by atoms with E-state index in [1.54, 1.807) is 20.0 Å². The standard InChI is InChI=1S/C7H10FNOS.C2H6/c1-5-4-9-6(11-5)7(2,3)10-8;1-2/h4H,1-3H3;1-2H3. The average molecular weight is 205 g/mol. The molecule has 0 radical (unpaired) electrons. The second-order valence-corrected chi connectivity index (χ2v) is 4.10. The van der Waals surface area contributed by atoms with E-state index in [0.29, 0.717) is 5.01 Å². The van der Waals surface area contributed by atoms with Crippen molar-refractivity contribution in [3.05, 3.63) is 16.1 Å². The second kappa shape index (κ2) is 5.29. The highest BCUT2D eigenvalue weighted by Gasteiger charge is 2.25. The average Bonchev–Trinajstić information content (AvgIpc) is 2.56. The maximum absolute atomic E-state index is 11.9. The molecule has 1 aromatic heterocycles. The zero-order valence-electron chi connectivity index (χ0n) is 8.72. The van der Waals surface area contributed by atoms with Crippen LogP contribution in [0.15, 0.2) is 6.20 Å². The van der Waals surface area contributed by atoms with Crippen LogP contribution in [0.5, 0.6) is 0 Å². The molecule has 0 unspecified atom stereocenters. The van der Waals surface area contributed by atoms with Crippen molar-refractivity contribution in [3.63, 3.8) is 0 Å². The summed E-state index contributed by atoms with van der Waals surface area (Å²) in [5.74, 6) is 0. The van der Waals surface area contributed by atoms with Crippen LogP contribution in [0.2, 0.25) is 0 Å². The van der Waals surface area contributed by atoms with Gasteiger partial charge in [0.1, 0.15) is 5.01 Å². The van der Waals surface area contributed by atoms with Gasteiger partial charge in [0, 0.05) is 11.1 Å². The van der Waals surface area contributed by atoms with E-state index in [4.69, 9.17) is 0 Å². The van der Waals surface area contributed by atoms with Gasteiger partial charge in [0.2, 0.25) is 0 Å². The van der Waals surface area contributed by atoms with E-state index in [0.717, 1.165) is 4.88 Å². The molecule has 76 valence electrons. The summed E-state index contributed by atoms with van der Waals surface area (Å²) in [5.41, 5.74) is -0.904. The Labute approximate surface area is 82.7 Å². The SMILES string of the molecule is CC.Cc1cnc(C(C)(C)OF)s1. The van der Waals surface area contributed by atoms with Gasteiger partial charge in [-0.05, 0) is 25.3 Å². The van der Waals surface area contributed by atoms with Gasteiger partial charge in [-0.3, -0.25) is 0 Å². The van der Waals surface area contributed by atoms with Crippen molar-refractivity contribution in [1.29, 1.82) is 0 Å². The Bertz CT molecular complexity index is 248. The minimum atomic E-state index is -0.904. The lowest BCUT2D eigenvalue weighted by Gasteiger charge is -2.14. The van der Waals surface area contributed by atoms with E-state index >= 15 is 0 Å². The molecule has 0 bridgehead atoms. The summed E-state index contributed by atoms with van der Waals surface area (Å²) in [5, 5.41) is 0.664. The predicted molar refractivity (Wildman–Crippen MR) is 53.4 cm³/mol. The van der Waals surface area contributed by atoms with Crippen molar-refractivity contribution < 1.29 is 9.47 Å². The molecule has 0 aromatic carbocycles. The first-order chi connectivity index (χ1) is 6.06. The summed E-state index contributed by atoms with van der Waals surface area (Å²) >= 11 is 1.44. The normalized spacial score (nSPS) is 10.6. The number of thiazole rings is 1. The van der Waals surface area contributed by atoms with Gasteiger partial charge in [-0.2, -0.15) is 4.94 Å². The first kappa shape index (κ1) is 12.5. The molecule has 0 amide bonds. The molecular weight excluding hydrogens is 189 g/mol. The van der Waals surface area contributed by atoms with E-state index in [1.807, 2.05) is 20.8 Å². The number of halogens is 1. The molecule has 0 atom stereocenters. The summed E-state index contributed by atoms with van der Waals surface area (Å²) in [7, 11) is 0. The minimum absolute atomic E-state index is 0.664. The monoisotopic (exact) mass is 205 g/mol. The van der Waals surface area contributed by atoms with Gasteiger partial charge in [-0.1, -0.05) is 13.8 Å². The second-order valence-electron chi connectivity index (χ2n) is 2.86. The van der Waals surface area contributed by atoms with Gasteiger partial charge in [0.25, 0.3) is 0 Å². The fourth-order valence-corrected chi connectivity index (χ4v) is 1.46. The predicted octanol–water partition coefficient (Wildman–Crippen LogP) is 3.61. The molecule has 0 spiro atoms. The van der Waals surface area contributed by atoms with Gasteiger partial charge in [-0.15, -0.1) is 11.3 Å². The highest BCUT2D eigenvalue weighted by molar-refractivity contribution is 7.11. The van der Waals surface area contributed by atoms with Crippen LogP contribution in [-0.2, 0) is 10.5 Å². The van der Waals surface area contributed by atoms with Gasteiger partial charge in [0.15, 0.2) is 5.60 Å². The Morgan fingerprint density at radius 3 is 2.31 bits per heavy atom. The molecule has 0 fully saturated rings. The number of nitrogens with zero attached hydrogens (tertiary/aromatic N) is 1. The quantitative estimate of drug-likeness (QED) is 0.735. The molecule has 1 aromatic rings. The van der Waals surface area contributed by atoms with E-state index < -0.39 is 5.60 Å². The highest BCUT2D eigenvalue weighted by atomic mass is 32.1. The number of rotatable bonds is 2. The summed E-state index contributed by atoms with van der Waals surface area (Å²) < 4.78 is 11.9. The van der Waals surface area contributed by atoms with Gasteiger partial charge >= 0.3 is 0 Å². The lowest BCUT2D eigenvalue weighted by Crippen LogP contribution is -2.16. The van der Waals surface area contributed by atoms with Crippen molar-refractivity contribution in [1.82, 2.24) is 4.98 Å². The van der Waals surface area contributed by atoms with Gasteiger partial charge < -0.3 is 0 Å². The van der Waals surface area contributed by atoms with Crippen molar-refractivity contribution in [2.24, 2.45) is 0 Å². The third-order valence-corrected chi connectivity index (χ3v) is 2.55. The topological polar surface area (TPSA) is 22.1 Å². The van der Waals surface area contributed by atoms with Crippen molar-refractivity contribution >= 4 is 11.3 Å². The third kappa shape index (κ3) is 3.40. The molecule has 0 saturated carbocycles. The Balaban J connectivity index is 0.000000671. The maximum atomic E-state index is 11.9. The molecule has 4 heteroatoms. The third-order valence-electron chi connectivity index (χ3n) is 1.33. The van der Waals surface area contributed by atoms with Crippen LogP contribution in [0, 0.1) is 6.92 Å². The molecule has 13 heavy (non-hydrogen) atoms. The van der Waals surface area contributed by atoms with Gasteiger partial charge in [-0.25, -0.2) is 4.98 Å². The fraction of sp³-hybridized carbons (Fsp3) is 0.667. The first-order valence-electron chi connectivity index (χ1n) is 4.29. The molecule has 0 N–H and O–H groups in total. The number of hydrogen-bond donors (Lipinski definition) is 0. The molecule has 1 rings (SSSR count). The van der Waals surface area contributed by atoms with E-state index in [-0.39, 0.29) is 0 Å². The molecule has 0 aliphatic rings. The van der Waals surface area contributed by atoms with Crippen LogP contribution < -0.4 is 0 Å². The number of aromatic nitrogens is 1. The van der Waals surface area contributed by atoms with Crippen molar-refractivity contribution in [3.8, 4) is 0 Å². The molecule has 0 saturated heterocycles. The Kier molecular flexibility index (Phi) is 5.10. The molecule has 0 aliphatic carbocycles. The Morgan fingerprint density at radius 1 is 1.46 bits per heavy atom. The summed E-state index contributed by atoms with van der Waals surface area (Å²) in [6, 6.07) is 0. The first-order valence-corrected chi connectivity index (χ1v) is 5.10. The lowest BCUT2D eigenvalue weighted by atomic mass is 10.2. The number of aryl methyl sites for hydroxylation is 1. The van der Waals surface area contributed by atoms with E-state index in [1.165, 1.54) is 11.3 Å². The Morgan fingerprint density at radius 2 is 2.00 bits per heavy atom. The van der Waals surface area contributed by atoms with E-state index in [9.17, 15) is 4.53 Å². The molecular formula is C9H16FNOS. The minimum Gasteiger partial charge on any atom is -0.246 e. The molecule has 0 aliphatic heterocycles. The van der Waals surface area contributed by atoms with E-state index in [2.05, 4.69) is 9.93 Å². The summed E-state index contributed by atoms with van der Waals surface area (Å²) in [4.78, 5) is 8.86. The van der Waals surface area contributed by atoms with Crippen molar-refractivity contribution in [2.75, 3.05) is 0 Å². The zero-order valence-corrected chi connectivity index (χ0v) is 9.54. The largest absolute Gasteiger partial charge is 0.246 e. The van der Waals surface area contributed by atoms with Crippen LogP contribution in [-0.4, -0.2) is 4.98 Å². The van der Waals surface area contributed by atoms with Crippen LogP contribution in [0.25, 0.3) is 0 Å². The summed E-state index contributed by atoms with van der Waals surface area (Å²) in [6.45, 7) is 9.21. The lowest BCUT2D eigenvalue weighted by molar-refractivity contribution is -0.227. The molecule has 2 nitrogen and oxygen atoms in total. The van der Waals surface area contributed by atoms with Crippen LogP contribution in [0.1, 0.15) is 37.6 Å². The van der Waals surface area contributed by atoms with Crippen molar-refractivity contribution in [2.45, 2.75) is 40.2 Å². The fourth-order valence-electron chi connectivity index (χ4n) is 0.666. The highest BCUT2D eigenvalue weighted by Crippen LogP contribution is 2.28. The molecule has 1 heterocycles. The van der Waals surface area contributed by atoms with Crippen LogP contribution in [0.4, 0.5) is 4.53 Å². The maximum Gasteiger partial charge on any atom is 0.154 e. The smallest absolute Gasteiger partial charge is 0.154 e. The number of hydrogen-bond acceptors (Lipinski definition) is 3. The summed E-state index contributed by atoms with van der Waals surface area (Å²) in [6.07, 6.45) is 1.71. The van der Waals surface area contributed by atoms with Crippen LogP contribution >= 0.6 is 11.3 Å². The Hall–Kier alpha value is -0.480. The zero-order chi connectivity index (χ0) is 10.5. The van der Waals surface area contributed by atoms with Crippen LogP contribution in [0.3, 0.4) is 0 Å². The van der Waals surface area contributed by atoms with Gasteiger partial charge in [0.05, 0.1) is 0 Å².